The number of nitrogens with two attached hydrogens (primary N) is 1. The average Bonchev–Trinajstić information content (AvgIpc) is 2.54. The Kier molecular flexibility index (Phi) is 3.98. The predicted molar refractivity (Wildman–Crippen MR) is 85.8 cm³/mol. The molecule has 0 aliphatic carbocycles. The Labute approximate surface area is 124 Å². The lowest BCUT2D eigenvalue weighted by Crippen LogP contribution is -2.15. The van der Waals surface area contributed by atoms with Gasteiger partial charge >= 0.3 is 0 Å². The predicted octanol–water partition coefficient (Wildman–Crippen LogP) is 4.26. The third-order valence-corrected chi connectivity index (χ3v) is 3.94. The zero-order valence-corrected chi connectivity index (χ0v) is 11.8. The molecule has 0 spiro atoms. The van der Waals surface area contributed by atoms with Crippen molar-refractivity contribution < 1.29 is 4.39 Å². The van der Waals surface area contributed by atoms with Gasteiger partial charge in [0.1, 0.15) is 5.82 Å². The molecule has 0 aliphatic rings. The summed E-state index contributed by atoms with van der Waals surface area (Å²) in [5, 5.41) is 2.48. The van der Waals surface area contributed by atoms with Crippen molar-refractivity contribution in [2.24, 2.45) is 5.73 Å². The molecule has 0 aromatic heterocycles. The normalized spacial score (nSPS) is 12.5. The van der Waals surface area contributed by atoms with Crippen LogP contribution in [0.1, 0.15) is 17.0 Å². The van der Waals surface area contributed by atoms with Gasteiger partial charge in [-0.1, -0.05) is 54.6 Å². The van der Waals surface area contributed by atoms with Gasteiger partial charge in [-0.05, 0) is 47.0 Å². The van der Waals surface area contributed by atoms with E-state index < -0.39 is 0 Å². The van der Waals surface area contributed by atoms with E-state index in [1.54, 1.807) is 0 Å². The van der Waals surface area contributed by atoms with Crippen molar-refractivity contribution in [3.05, 3.63) is 83.7 Å². The summed E-state index contributed by atoms with van der Waals surface area (Å²) in [5.74, 6) is 0.0368. The fourth-order valence-electron chi connectivity index (χ4n) is 2.83. The highest BCUT2D eigenvalue weighted by atomic mass is 19.1. The molecule has 2 heteroatoms. The molecule has 0 aliphatic heterocycles. The number of rotatable bonds is 4. The average molecular weight is 279 g/mol. The molecule has 3 aromatic rings. The van der Waals surface area contributed by atoms with Crippen molar-refractivity contribution in [2.75, 3.05) is 6.54 Å². The summed E-state index contributed by atoms with van der Waals surface area (Å²) in [6, 6.07) is 21.4. The molecule has 3 rings (SSSR count). The number of hydrogen-bond acceptors (Lipinski definition) is 1. The SMILES string of the molecule is NCC(Cc1ccc(F)cc1)c1cccc2ccccc12. The first kappa shape index (κ1) is 13.8. The van der Waals surface area contributed by atoms with Gasteiger partial charge in [0, 0.05) is 5.92 Å². The Morgan fingerprint density at radius 2 is 1.57 bits per heavy atom. The van der Waals surface area contributed by atoms with Crippen molar-refractivity contribution in [1.82, 2.24) is 0 Å². The van der Waals surface area contributed by atoms with Gasteiger partial charge in [0.25, 0.3) is 0 Å². The van der Waals surface area contributed by atoms with Gasteiger partial charge in [0.15, 0.2) is 0 Å². The molecule has 21 heavy (non-hydrogen) atoms. The maximum absolute atomic E-state index is 13.0. The molecule has 1 nitrogen and oxygen atoms in total. The fourth-order valence-corrected chi connectivity index (χ4v) is 2.83. The Bertz CT molecular complexity index is 729. The van der Waals surface area contributed by atoms with E-state index in [2.05, 4.69) is 36.4 Å². The summed E-state index contributed by atoms with van der Waals surface area (Å²) >= 11 is 0. The van der Waals surface area contributed by atoms with Crippen LogP contribution in [-0.4, -0.2) is 6.54 Å². The lowest BCUT2D eigenvalue weighted by Gasteiger charge is -2.18. The molecular weight excluding hydrogens is 261 g/mol. The van der Waals surface area contributed by atoms with Gasteiger partial charge in [0.2, 0.25) is 0 Å². The second kappa shape index (κ2) is 6.06. The molecule has 0 saturated heterocycles. The molecule has 0 amide bonds. The molecule has 1 unspecified atom stereocenters. The van der Waals surface area contributed by atoms with Crippen LogP contribution in [0.3, 0.4) is 0 Å². The Morgan fingerprint density at radius 1 is 0.857 bits per heavy atom. The Morgan fingerprint density at radius 3 is 2.33 bits per heavy atom. The summed E-state index contributed by atoms with van der Waals surface area (Å²) in [4.78, 5) is 0. The van der Waals surface area contributed by atoms with Crippen molar-refractivity contribution in [3.8, 4) is 0 Å². The van der Waals surface area contributed by atoms with Crippen molar-refractivity contribution in [1.29, 1.82) is 0 Å². The second-order valence-electron chi connectivity index (χ2n) is 5.33. The molecule has 3 aromatic carbocycles. The van der Waals surface area contributed by atoms with Crippen molar-refractivity contribution in [3.63, 3.8) is 0 Å². The minimum atomic E-state index is -0.201. The van der Waals surface area contributed by atoms with Gasteiger partial charge in [-0.15, -0.1) is 0 Å². The third-order valence-electron chi connectivity index (χ3n) is 3.94. The first-order chi connectivity index (χ1) is 10.3. The van der Waals surface area contributed by atoms with Crippen molar-refractivity contribution >= 4 is 10.8 Å². The topological polar surface area (TPSA) is 26.0 Å². The standard InChI is InChI=1S/C19H18FN/c20-17-10-8-14(9-11-17)12-16(13-21)19-7-3-5-15-4-1-2-6-18(15)19/h1-11,16H,12-13,21H2. The maximum atomic E-state index is 13.0. The van der Waals surface area contributed by atoms with E-state index in [0.29, 0.717) is 6.54 Å². The van der Waals surface area contributed by atoms with E-state index in [4.69, 9.17) is 5.73 Å². The highest BCUT2D eigenvalue weighted by molar-refractivity contribution is 5.86. The molecule has 0 fully saturated rings. The fraction of sp³-hybridized carbons (Fsp3) is 0.158. The van der Waals surface area contributed by atoms with Crippen molar-refractivity contribution in [2.45, 2.75) is 12.3 Å². The summed E-state index contributed by atoms with van der Waals surface area (Å²) < 4.78 is 13.0. The zero-order valence-electron chi connectivity index (χ0n) is 11.8. The van der Waals surface area contributed by atoms with Crippen LogP contribution in [0.25, 0.3) is 10.8 Å². The van der Waals surface area contributed by atoms with Gasteiger partial charge in [0.05, 0.1) is 0 Å². The summed E-state index contributed by atoms with van der Waals surface area (Å²) in [6.07, 6.45) is 0.824. The molecule has 2 N–H and O–H groups in total. The number of fused-ring (bicyclic) bond motifs is 1. The van der Waals surface area contributed by atoms with Crippen LogP contribution >= 0.6 is 0 Å². The monoisotopic (exact) mass is 279 g/mol. The number of benzene rings is 3. The summed E-state index contributed by atoms with van der Waals surface area (Å²) in [5.41, 5.74) is 8.37. The van der Waals surface area contributed by atoms with E-state index in [1.807, 2.05) is 18.2 Å². The van der Waals surface area contributed by atoms with Gasteiger partial charge in [-0.2, -0.15) is 0 Å². The minimum Gasteiger partial charge on any atom is -0.330 e. The van der Waals surface area contributed by atoms with Crippen LogP contribution in [0.5, 0.6) is 0 Å². The Balaban J connectivity index is 1.96. The van der Waals surface area contributed by atoms with E-state index in [0.717, 1.165) is 12.0 Å². The summed E-state index contributed by atoms with van der Waals surface area (Å²) in [6.45, 7) is 0.575. The van der Waals surface area contributed by atoms with Gasteiger partial charge in [-0.3, -0.25) is 0 Å². The molecule has 0 radical (unpaired) electrons. The number of halogens is 1. The molecular formula is C19H18FN. The third kappa shape index (κ3) is 2.96. The first-order valence-corrected chi connectivity index (χ1v) is 7.20. The van der Waals surface area contributed by atoms with Crippen LogP contribution in [0.15, 0.2) is 66.7 Å². The Hall–Kier alpha value is -2.19. The highest BCUT2D eigenvalue weighted by Crippen LogP contribution is 2.27. The minimum absolute atomic E-state index is 0.201. The van der Waals surface area contributed by atoms with Crippen LogP contribution in [0, 0.1) is 5.82 Å². The lowest BCUT2D eigenvalue weighted by atomic mass is 9.88. The van der Waals surface area contributed by atoms with E-state index in [-0.39, 0.29) is 11.7 Å². The van der Waals surface area contributed by atoms with Gasteiger partial charge < -0.3 is 5.73 Å². The smallest absolute Gasteiger partial charge is 0.123 e. The van der Waals surface area contributed by atoms with E-state index >= 15 is 0 Å². The second-order valence-corrected chi connectivity index (χ2v) is 5.33. The molecule has 106 valence electrons. The highest BCUT2D eigenvalue weighted by Gasteiger charge is 2.13. The molecule has 0 heterocycles. The molecule has 0 bridgehead atoms. The maximum Gasteiger partial charge on any atom is 0.123 e. The quantitative estimate of drug-likeness (QED) is 0.758. The summed E-state index contributed by atoms with van der Waals surface area (Å²) in [7, 11) is 0. The molecule has 0 saturated carbocycles. The van der Waals surface area contributed by atoms with Crippen LogP contribution in [-0.2, 0) is 6.42 Å². The van der Waals surface area contributed by atoms with Crippen LogP contribution < -0.4 is 5.73 Å². The van der Waals surface area contributed by atoms with Gasteiger partial charge in [-0.25, -0.2) is 4.39 Å². The van der Waals surface area contributed by atoms with E-state index in [9.17, 15) is 4.39 Å². The first-order valence-electron chi connectivity index (χ1n) is 7.20. The zero-order chi connectivity index (χ0) is 14.7. The van der Waals surface area contributed by atoms with E-state index in [1.165, 1.54) is 28.5 Å². The van der Waals surface area contributed by atoms with Crippen LogP contribution in [0.2, 0.25) is 0 Å². The van der Waals surface area contributed by atoms with Crippen LogP contribution in [0.4, 0.5) is 4.39 Å². The number of hydrogen-bond donors (Lipinski definition) is 1. The largest absolute Gasteiger partial charge is 0.330 e. The molecule has 1 atom stereocenters. The lowest BCUT2D eigenvalue weighted by molar-refractivity contribution is 0.625.